The standard InChI is InChI=1S/C10H26OSi2/c1-8-10(3,12(4)5)11-13(6,7)9-2/h12H,8-9H2,1-7H3. The highest BCUT2D eigenvalue weighted by Crippen LogP contribution is 2.26. The lowest BCUT2D eigenvalue weighted by Crippen LogP contribution is -2.49. The summed E-state index contributed by atoms with van der Waals surface area (Å²) in [5.74, 6) is 0. The molecule has 0 aliphatic carbocycles. The predicted octanol–water partition coefficient (Wildman–Crippen LogP) is 3.42. The molecule has 0 aromatic heterocycles. The third kappa shape index (κ3) is 3.96. The van der Waals surface area contributed by atoms with Crippen LogP contribution in [0.5, 0.6) is 0 Å². The summed E-state index contributed by atoms with van der Waals surface area (Å²) in [7, 11) is -2.06. The molecule has 1 unspecified atom stereocenters. The van der Waals surface area contributed by atoms with Crippen molar-refractivity contribution in [1.29, 1.82) is 0 Å². The van der Waals surface area contributed by atoms with Gasteiger partial charge in [-0.2, -0.15) is 0 Å². The van der Waals surface area contributed by atoms with Gasteiger partial charge in [-0.1, -0.05) is 26.9 Å². The highest BCUT2D eigenvalue weighted by molar-refractivity contribution is 6.72. The first-order chi connectivity index (χ1) is 5.77. The van der Waals surface area contributed by atoms with Crippen molar-refractivity contribution in [2.24, 2.45) is 0 Å². The van der Waals surface area contributed by atoms with Gasteiger partial charge in [-0.15, -0.1) is 0 Å². The first kappa shape index (κ1) is 13.4. The highest BCUT2D eigenvalue weighted by Gasteiger charge is 2.34. The summed E-state index contributed by atoms with van der Waals surface area (Å²) in [4.78, 5) is 0. The smallest absolute Gasteiger partial charge is 0.186 e. The second-order valence-corrected chi connectivity index (χ2v) is 13.0. The third-order valence-corrected chi connectivity index (χ3v) is 9.21. The highest BCUT2D eigenvalue weighted by atomic mass is 28.4. The Hall–Kier alpha value is 0.394. The molecule has 13 heavy (non-hydrogen) atoms. The molecule has 1 nitrogen and oxygen atoms in total. The van der Waals surface area contributed by atoms with Gasteiger partial charge in [-0.05, 0) is 32.5 Å². The minimum absolute atomic E-state index is 0.228. The zero-order valence-electron chi connectivity index (χ0n) is 10.4. The maximum absolute atomic E-state index is 6.39. The molecular formula is C10H26OSi2. The van der Waals surface area contributed by atoms with Gasteiger partial charge in [-0.3, -0.25) is 0 Å². The van der Waals surface area contributed by atoms with Crippen LogP contribution in [0.2, 0.25) is 32.2 Å². The lowest BCUT2D eigenvalue weighted by atomic mass is 10.3. The van der Waals surface area contributed by atoms with Gasteiger partial charge in [0.25, 0.3) is 0 Å². The van der Waals surface area contributed by atoms with Crippen LogP contribution in [-0.4, -0.2) is 22.3 Å². The molecule has 0 aliphatic rings. The summed E-state index contributed by atoms with van der Waals surface area (Å²) in [6.07, 6.45) is 1.17. The Kier molecular flexibility index (Phi) is 4.90. The molecular weight excluding hydrogens is 192 g/mol. The van der Waals surface area contributed by atoms with Gasteiger partial charge in [0.2, 0.25) is 0 Å². The van der Waals surface area contributed by atoms with E-state index in [1.165, 1.54) is 12.5 Å². The van der Waals surface area contributed by atoms with E-state index in [1.807, 2.05) is 0 Å². The molecule has 0 bridgehead atoms. The zero-order valence-corrected chi connectivity index (χ0v) is 12.6. The molecule has 0 aromatic carbocycles. The van der Waals surface area contributed by atoms with E-state index < -0.39 is 17.1 Å². The Balaban J connectivity index is 4.44. The van der Waals surface area contributed by atoms with E-state index in [4.69, 9.17) is 4.43 Å². The van der Waals surface area contributed by atoms with Crippen molar-refractivity contribution >= 4 is 17.1 Å². The van der Waals surface area contributed by atoms with Gasteiger partial charge in [0.15, 0.2) is 8.32 Å². The second-order valence-electron chi connectivity index (χ2n) is 5.04. The molecule has 0 fully saturated rings. The Morgan fingerprint density at radius 2 is 1.69 bits per heavy atom. The molecule has 0 radical (unpaired) electrons. The summed E-state index contributed by atoms with van der Waals surface area (Å²) in [5, 5.41) is 0.228. The normalized spacial score (nSPS) is 17.5. The average Bonchev–Trinajstić information content (AvgIpc) is 2.03. The molecule has 80 valence electrons. The van der Waals surface area contributed by atoms with Gasteiger partial charge in [0.05, 0.1) is 8.80 Å². The maximum atomic E-state index is 6.39. The molecule has 0 heterocycles. The van der Waals surface area contributed by atoms with Crippen LogP contribution in [0, 0.1) is 0 Å². The molecule has 0 saturated heterocycles. The Morgan fingerprint density at radius 3 is 1.92 bits per heavy atom. The monoisotopic (exact) mass is 218 g/mol. The molecule has 1 atom stereocenters. The van der Waals surface area contributed by atoms with Gasteiger partial charge in [-0.25, -0.2) is 0 Å². The van der Waals surface area contributed by atoms with Crippen molar-refractivity contribution in [3.63, 3.8) is 0 Å². The van der Waals surface area contributed by atoms with E-state index in [1.54, 1.807) is 0 Å². The molecule has 0 aromatic rings. The maximum Gasteiger partial charge on any atom is 0.186 e. The van der Waals surface area contributed by atoms with Gasteiger partial charge < -0.3 is 4.43 Å². The Labute approximate surface area is 86.6 Å². The van der Waals surface area contributed by atoms with E-state index in [-0.39, 0.29) is 5.22 Å². The summed E-state index contributed by atoms with van der Waals surface area (Å²) in [5.41, 5.74) is 0. The summed E-state index contributed by atoms with van der Waals surface area (Å²) >= 11 is 0. The quantitative estimate of drug-likeness (QED) is 0.643. The van der Waals surface area contributed by atoms with Crippen LogP contribution in [0.3, 0.4) is 0 Å². The lowest BCUT2D eigenvalue weighted by Gasteiger charge is -2.39. The first-order valence-electron chi connectivity index (χ1n) is 5.47. The van der Waals surface area contributed by atoms with Crippen molar-refractivity contribution < 1.29 is 4.43 Å². The fraction of sp³-hybridized carbons (Fsp3) is 1.00. The van der Waals surface area contributed by atoms with Crippen molar-refractivity contribution in [2.75, 3.05) is 0 Å². The lowest BCUT2D eigenvalue weighted by molar-refractivity contribution is 0.154. The van der Waals surface area contributed by atoms with E-state index in [2.05, 4.69) is 47.0 Å². The summed E-state index contributed by atoms with van der Waals surface area (Å²) < 4.78 is 6.39. The fourth-order valence-corrected chi connectivity index (χ4v) is 5.57. The van der Waals surface area contributed by atoms with Crippen molar-refractivity contribution in [2.45, 2.75) is 64.6 Å². The van der Waals surface area contributed by atoms with Crippen molar-refractivity contribution in [1.82, 2.24) is 0 Å². The fourth-order valence-electron chi connectivity index (χ4n) is 1.30. The Bertz CT molecular complexity index is 157. The number of hydrogen-bond donors (Lipinski definition) is 0. The molecule has 3 heteroatoms. The molecule has 0 amide bonds. The average molecular weight is 218 g/mol. The van der Waals surface area contributed by atoms with Crippen LogP contribution in [0.4, 0.5) is 0 Å². The van der Waals surface area contributed by atoms with Crippen molar-refractivity contribution in [3.05, 3.63) is 0 Å². The third-order valence-electron chi connectivity index (χ3n) is 3.28. The molecule has 0 rings (SSSR count). The minimum Gasteiger partial charge on any atom is -0.415 e. The largest absolute Gasteiger partial charge is 0.415 e. The molecule has 0 spiro atoms. The predicted molar refractivity (Wildman–Crippen MR) is 66.6 cm³/mol. The second kappa shape index (κ2) is 4.76. The van der Waals surface area contributed by atoms with Crippen LogP contribution < -0.4 is 0 Å². The Morgan fingerprint density at radius 1 is 1.23 bits per heavy atom. The van der Waals surface area contributed by atoms with Gasteiger partial charge >= 0.3 is 0 Å². The first-order valence-corrected chi connectivity index (χ1v) is 11.5. The number of hydrogen-bond acceptors (Lipinski definition) is 1. The van der Waals surface area contributed by atoms with Crippen LogP contribution in [0.25, 0.3) is 0 Å². The molecule has 0 aliphatic heterocycles. The molecule has 0 saturated carbocycles. The SMILES string of the molecule is CCC(C)(O[Si](C)(C)CC)[SiH](C)C. The van der Waals surface area contributed by atoms with Crippen molar-refractivity contribution in [3.8, 4) is 0 Å². The number of rotatable bonds is 5. The minimum atomic E-state index is -1.36. The van der Waals surface area contributed by atoms with Gasteiger partial charge in [0.1, 0.15) is 0 Å². The van der Waals surface area contributed by atoms with Crippen LogP contribution in [0.1, 0.15) is 27.2 Å². The van der Waals surface area contributed by atoms with E-state index in [0.29, 0.717) is 0 Å². The van der Waals surface area contributed by atoms with Gasteiger partial charge in [0, 0.05) is 5.22 Å². The molecule has 0 N–H and O–H groups in total. The summed E-state index contributed by atoms with van der Waals surface area (Å²) in [6.45, 7) is 16.3. The van der Waals surface area contributed by atoms with E-state index in [0.717, 1.165) is 0 Å². The van der Waals surface area contributed by atoms with Crippen LogP contribution in [0.15, 0.2) is 0 Å². The topological polar surface area (TPSA) is 9.23 Å². The van der Waals surface area contributed by atoms with E-state index in [9.17, 15) is 0 Å². The zero-order chi connectivity index (χ0) is 10.7. The summed E-state index contributed by atoms with van der Waals surface area (Å²) in [6, 6.07) is 1.23. The van der Waals surface area contributed by atoms with Crippen LogP contribution >= 0.6 is 0 Å². The van der Waals surface area contributed by atoms with Crippen LogP contribution in [-0.2, 0) is 4.43 Å². The van der Waals surface area contributed by atoms with E-state index >= 15 is 0 Å².